The molecule has 1 aromatic carbocycles. The number of carbonyl (C=O) groups excluding carboxylic acids is 1. The molecule has 0 radical (unpaired) electrons. The van der Waals surface area contributed by atoms with Crippen LogP contribution < -0.4 is 15.4 Å². The molecule has 0 aliphatic carbocycles. The van der Waals surface area contributed by atoms with Gasteiger partial charge < -0.3 is 15.4 Å². The first kappa shape index (κ1) is 14.7. The van der Waals surface area contributed by atoms with E-state index >= 15 is 0 Å². The number of ether oxygens (including phenoxy) is 1. The minimum Gasteiger partial charge on any atom is -0.493 e. The van der Waals surface area contributed by atoms with Crippen molar-refractivity contribution in [1.29, 1.82) is 0 Å². The summed E-state index contributed by atoms with van der Waals surface area (Å²) in [5.74, 6) is 0.784. The van der Waals surface area contributed by atoms with Crippen molar-refractivity contribution in [2.24, 2.45) is 0 Å². The molecule has 0 spiro atoms. The van der Waals surface area contributed by atoms with E-state index < -0.39 is 0 Å². The zero-order valence-electron chi connectivity index (χ0n) is 10.8. The molecule has 0 atom stereocenters. The Kier molecular flexibility index (Phi) is 6.43. The molecule has 0 aliphatic heterocycles. The summed E-state index contributed by atoms with van der Waals surface area (Å²) in [7, 11) is 0. The number of hydrogen-bond acceptors (Lipinski definition) is 4. The second kappa shape index (κ2) is 7.87. The van der Waals surface area contributed by atoms with Crippen LogP contribution in [0.25, 0.3) is 0 Å². The van der Waals surface area contributed by atoms with Gasteiger partial charge in [0.05, 0.1) is 6.61 Å². The first-order valence-corrected chi connectivity index (χ1v) is 6.52. The van der Waals surface area contributed by atoms with Gasteiger partial charge in [-0.15, -0.1) is 12.6 Å². The normalized spacial score (nSPS) is 9.94. The van der Waals surface area contributed by atoms with Crippen LogP contribution in [0.5, 0.6) is 5.75 Å². The third-order valence-electron chi connectivity index (χ3n) is 2.30. The molecular weight excluding hydrogens is 248 g/mol. The molecule has 0 fully saturated rings. The quantitative estimate of drug-likeness (QED) is 0.525. The molecule has 0 heterocycles. The lowest BCUT2D eigenvalue weighted by atomic mass is 10.3. The van der Waals surface area contributed by atoms with Crippen LogP contribution in [0.2, 0.25) is 0 Å². The Labute approximate surface area is 114 Å². The molecule has 18 heavy (non-hydrogen) atoms. The number of benzene rings is 1. The maximum atomic E-state index is 10.7. The number of nitrogens with one attached hydrogen (secondary N) is 2. The fraction of sp³-hybridized carbons (Fsp3) is 0.462. The molecular formula is C13H20N2O2S. The van der Waals surface area contributed by atoms with E-state index in [-0.39, 0.29) is 5.91 Å². The summed E-state index contributed by atoms with van der Waals surface area (Å²) in [5, 5.41) is 5.94. The highest BCUT2D eigenvalue weighted by molar-refractivity contribution is 7.80. The van der Waals surface area contributed by atoms with Gasteiger partial charge in [-0.05, 0) is 31.5 Å². The van der Waals surface area contributed by atoms with Crippen LogP contribution in [0.1, 0.15) is 20.3 Å². The highest BCUT2D eigenvalue weighted by Crippen LogP contribution is 2.25. The molecule has 0 saturated heterocycles. The van der Waals surface area contributed by atoms with Gasteiger partial charge in [0.1, 0.15) is 5.75 Å². The van der Waals surface area contributed by atoms with Crippen LogP contribution in [0.3, 0.4) is 0 Å². The molecule has 1 aromatic rings. The average Bonchev–Trinajstić information content (AvgIpc) is 2.32. The van der Waals surface area contributed by atoms with Crippen LogP contribution in [0.4, 0.5) is 5.69 Å². The monoisotopic (exact) mass is 268 g/mol. The molecule has 0 aromatic heterocycles. The van der Waals surface area contributed by atoms with E-state index in [4.69, 9.17) is 4.74 Å². The Bertz CT molecular complexity index is 397. The number of anilines is 1. The highest BCUT2D eigenvalue weighted by Gasteiger charge is 2.00. The Hall–Kier alpha value is -1.36. The average molecular weight is 268 g/mol. The topological polar surface area (TPSA) is 50.4 Å². The predicted octanol–water partition coefficient (Wildman–Crippen LogP) is 2.31. The summed E-state index contributed by atoms with van der Waals surface area (Å²) in [6, 6.07) is 5.75. The molecule has 0 saturated carbocycles. The first-order chi connectivity index (χ1) is 8.63. The smallest absolute Gasteiger partial charge is 0.216 e. The SMILES string of the molecule is CCNc1ccc(OCCCNC(C)=O)cc1S. The van der Waals surface area contributed by atoms with Gasteiger partial charge in [-0.1, -0.05) is 0 Å². The van der Waals surface area contributed by atoms with Crippen LogP contribution in [0, 0.1) is 0 Å². The molecule has 1 amide bonds. The second-order valence-corrected chi connectivity index (χ2v) is 4.38. The Morgan fingerprint density at radius 1 is 1.44 bits per heavy atom. The van der Waals surface area contributed by atoms with Crippen molar-refractivity contribution < 1.29 is 9.53 Å². The summed E-state index contributed by atoms with van der Waals surface area (Å²) in [4.78, 5) is 11.5. The standard InChI is InChI=1S/C13H20N2O2S/c1-3-14-12-6-5-11(9-13(12)18)17-8-4-7-15-10(2)16/h5-6,9,14,18H,3-4,7-8H2,1-2H3,(H,15,16). The van der Waals surface area contributed by atoms with Crippen LogP contribution in [-0.4, -0.2) is 25.6 Å². The van der Waals surface area contributed by atoms with Gasteiger partial charge in [0.2, 0.25) is 5.91 Å². The van der Waals surface area contributed by atoms with E-state index in [2.05, 4.69) is 23.3 Å². The Morgan fingerprint density at radius 3 is 2.83 bits per heavy atom. The lowest BCUT2D eigenvalue weighted by Gasteiger charge is -2.10. The molecule has 1 rings (SSSR count). The number of hydrogen-bond donors (Lipinski definition) is 3. The zero-order valence-corrected chi connectivity index (χ0v) is 11.7. The summed E-state index contributed by atoms with van der Waals surface area (Å²) in [6.45, 7) is 5.63. The number of rotatable bonds is 7. The summed E-state index contributed by atoms with van der Waals surface area (Å²) in [5.41, 5.74) is 1.01. The van der Waals surface area contributed by atoms with E-state index in [1.807, 2.05) is 25.1 Å². The van der Waals surface area contributed by atoms with Crippen molar-refractivity contribution in [3.63, 3.8) is 0 Å². The summed E-state index contributed by atoms with van der Waals surface area (Å²) in [6.07, 6.45) is 0.788. The lowest BCUT2D eigenvalue weighted by Crippen LogP contribution is -2.22. The fourth-order valence-corrected chi connectivity index (χ4v) is 1.75. The maximum absolute atomic E-state index is 10.7. The molecule has 0 bridgehead atoms. The number of amides is 1. The predicted molar refractivity (Wildman–Crippen MR) is 76.7 cm³/mol. The Balaban J connectivity index is 2.34. The van der Waals surface area contributed by atoms with Gasteiger partial charge in [0.25, 0.3) is 0 Å². The van der Waals surface area contributed by atoms with Crippen molar-refractivity contribution in [2.45, 2.75) is 25.2 Å². The van der Waals surface area contributed by atoms with E-state index in [0.717, 1.165) is 29.3 Å². The molecule has 0 aliphatic rings. The third-order valence-corrected chi connectivity index (χ3v) is 2.67. The van der Waals surface area contributed by atoms with Crippen LogP contribution in [0.15, 0.2) is 23.1 Å². The molecule has 4 nitrogen and oxygen atoms in total. The van der Waals surface area contributed by atoms with Gasteiger partial charge in [-0.3, -0.25) is 4.79 Å². The van der Waals surface area contributed by atoms with Gasteiger partial charge >= 0.3 is 0 Å². The van der Waals surface area contributed by atoms with Gasteiger partial charge in [0.15, 0.2) is 0 Å². The van der Waals surface area contributed by atoms with E-state index in [1.54, 1.807) is 0 Å². The van der Waals surface area contributed by atoms with Crippen molar-refractivity contribution in [3.8, 4) is 5.75 Å². The van der Waals surface area contributed by atoms with Gasteiger partial charge in [-0.2, -0.15) is 0 Å². The zero-order chi connectivity index (χ0) is 13.4. The van der Waals surface area contributed by atoms with E-state index in [1.165, 1.54) is 6.92 Å². The van der Waals surface area contributed by atoms with Crippen molar-refractivity contribution >= 4 is 24.2 Å². The molecule has 5 heteroatoms. The first-order valence-electron chi connectivity index (χ1n) is 6.07. The van der Waals surface area contributed by atoms with Crippen LogP contribution >= 0.6 is 12.6 Å². The molecule has 2 N–H and O–H groups in total. The lowest BCUT2D eigenvalue weighted by molar-refractivity contribution is -0.118. The second-order valence-electron chi connectivity index (χ2n) is 3.89. The van der Waals surface area contributed by atoms with Crippen molar-refractivity contribution in [1.82, 2.24) is 5.32 Å². The van der Waals surface area contributed by atoms with Crippen molar-refractivity contribution in [3.05, 3.63) is 18.2 Å². The minimum atomic E-state index is -0.0114. The maximum Gasteiger partial charge on any atom is 0.216 e. The van der Waals surface area contributed by atoms with E-state index in [0.29, 0.717) is 13.2 Å². The number of thiol groups is 1. The molecule has 0 unspecified atom stereocenters. The summed E-state index contributed by atoms with van der Waals surface area (Å²) >= 11 is 4.39. The minimum absolute atomic E-state index is 0.0114. The molecule has 100 valence electrons. The van der Waals surface area contributed by atoms with E-state index in [9.17, 15) is 4.79 Å². The van der Waals surface area contributed by atoms with Crippen LogP contribution in [-0.2, 0) is 4.79 Å². The highest BCUT2D eigenvalue weighted by atomic mass is 32.1. The van der Waals surface area contributed by atoms with Gasteiger partial charge in [0, 0.05) is 30.6 Å². The van der Waals surface area contributed by atoms with Gasteiger partial charge in [-0.25, -0.2) is 0 Å². The van der Waals surface area contributed by atoms with Crippen molar-refractivity contribution in [2.75, 3.05) is 25.0 Å². The fourth-order valence-electron chi connectivity index (χ4n) is 1.47. The third kappa shape index (κ3) is 5.31. The Morgan fingerprint density at radius 2 is 2.22 bits per heavy atom. The largest absolute Gasteiger partial charge is 0.493 e. The number of carbonyl (C=O) groups is 1. The summed E-state index contributed by atoms with van der Waals surface area (Å²) < 4.78 is 5.57.